The van der Waals surface area contributed by atoms with Crippen molar-refractivity contribution in [3.63, 3.8) is 0 Å². The van der Waals surface area contributed by atoms with E-state index in [-0.39, 0.29) is 6.04 Å². The Balaban J connectivity index is 1.67. The molecular formula is C18H21NO. The van der Waals surface area contributed by atoms with Crippen LogP contribution in [0.25, 0.3) is 0 Å². The molecule has 104 valence electrons. The summed E-state index contributed by atoms with van der Waals surface area (Å²) < 4.78 is 5.84. The summed E-state index contributed by atoms with van der Waals surface area (Å²) in [6.45, 7) is 2.72. The Hall–Kier alpha value is -1.80. The van der Waals surface area contributed by atoms with Gasteiger partial charge in [-0.2, -0.15) is 0 Å². The molecule has 1 fully saturated rings. The third-order valence-electron chi connectivity index (χ3n) is 3.98. The molecule has 0 radical (unpaired) electrons. The normalized spacial score (nSPS) is 15.9. The second kappa shape index (κ2) is 5.68. The van der Waals surface area contributed by atoms with Crippen LogP contribution in [-0.4, -0.2) is 0 Å². The van der Waals surface area contributed by atoms with Gasteiger partial charge < -0.3 is 10.5 Å². The van der Waals surface area contributed by atoms with Gasteiger partial charge in [0.05, 0.1) is 0 Å². The van der Waals surface area contributed by atoms with Crippen LogP contribution in [-0.2, 0) is 6.61 Å². The van der Waals surface area contributed by atoms with Crippen LogP contribution in [0.3, 0.4) is 0 Å². The fourth-order valence-electron chi connectivity index (χ4n) is 2.56. The van der Waals surface area contributed by atoms with E-state index in [1.54, 1.807) is 0 Å². The van der Waals surface area contributed by atoms with Gasteiger partial charge in [0, 0.05) is 6.04 Å². The maximum Gasteiger partial charge on any atom is 0.120 e. The molecule has 2 aromatic carbocycles. The second-order valence-corrected chi connectivity index (χ2v) is 5.66. The molecule has 2 nitrogen and oxygen atoms in total. The van der Waals surface area contributed by atoms with Gasteiger partial charge >= 0.3 is 0 Å². The summed E-state index contributed by atoms with van der Waals surface area (Å²) in [6.07, 6.45) is 2.54. The van der Waals surface area contributed by atoms with Crippen LogP contribution in [0.5, 0.6) is 5.75 Å². The lowest BCUT2D eigenvalue weighted by atomic mass is 9.98. The smallest absolute Gasteiger partial charge is 0.120 e. The summed E-state index contributed by atoms with van der Waals surface area (Å²) in [5.41, 5.74) is 9.95. The van der Waals surface area contributed by atoms with Crippen molar-refractivity contribution in [2.75, 3.05) is 0 Å². The number of nitrogens with two attached hydrogens (primary N) is 1. The SMILES string of the molecule is Cc1cc(OCc2ccccc2)ccc1C(N)C1CC1. The minimum atomic E-state index is 0.193. The summed E-state index contributed by atoms with van der Waals surface area (Å²) in [5.74, 6) is 1.60. The van der Waals surface area contributed by atoms with Crippen molar-refractivity contribution in [2.45, 2.75) is 32.4 Å². The van der Waals surface area contributed by atoms with Gasteiger partial charge in [-0.3, -0.25) is 0 Å². The molecule has 3 rings (SSSR count). The van der Waals surface area contributed by atoms with Crippen LogP contribution in [0.2, 0.25) is 0 Å². The summed E-state index contributed by atoms with van der Waals surface area (Å²) in [6, 6.07) is 16.7. The standard InChI is InChI=1S/C18H21NO/c1-13-11-16(20-12-14-5-3-2-4-6-14)9-10-17(13)18(19)15-7-8-15/h2-6,9-11,15,18H,7-8,12,19H2,1H3. The molecule has 2 N–H and O–H groups in total. The van der Waals surface area contributed by atoms with E-state index in [2.05, 4.69) is 31.2 Å². The number of rotatable bonds is 5. The van der Waals surface area contributed by atoms with E-state index in [1.165, 1.54) is 29.5 Å². The Kier molecular flexibility index (Phi) is 3.75. The highest BCUT2D eigenvalue weighted by molar-refractivity contribution is 5.37. The molecule has 1 unspecified atom stereocenters. The van der Waals surface area contributed by atoms with Gasteiger partial charge in [-0.15, -0.1) is 0 Å². The lowest BCUT2D eigenvalue weighted by molar-refractivity contribution is 0.306. The molecular weight excluding hydrogens is 246 g/mol. The Morgan fingerprint density at radius 1 is 1.15 bits per heavy atom. The van der Waals surface area contributed by atoms with Crippen molar-refractivity contribution >= 4 is 0 Å². The molecule has 1 aliphatic carbocycles. The maximum absolute atomic E-state index is 6.28. The number of hydrogen-bond acceptors (Lipinski definition) is 2. The van der Waals surface area contributed by atoms with Crippen LogP contribution in [0.15, 0.2) is 48.5 Å². The van der Waals surface area contributed by atoms with Gasteiger partial charge in [0.1, 0.15) is 12.4 Å². The van der Waals surface area contributed by atoms with E-state index >= 15 is 0 Å². The zero-order valence-electron chi connectivity index (χ0n) is 11.9. The zero-order chi connectivity index (χ0) is 13.9. The van der Waals surface area contributed by atoms with Gasteiger partial charge in [-0.25, -0.2) is 0 Å². The Labute approximate surface area is 120 Å². The number of ether oxygens (including phenoxy) is 1. The first-order valence-electron chi connectivity index (χ1n) is 7.27. The van der Waals surface area contributed by atoms with Gasteiger partial charge in [-0.1, -0.05) is 36.4 Å². The van der Waals surface area contributed by atoms with Crippen molar-refractivity contribution in [1.82, 2.24) is 0 Å². The van der Waals surface area contributed by atoms with E-state index in [0.29, 0.717) is 12.5 Å². The maximum atomic E-state index is 6.28. The van der Waals surface area contributed by atoms with Crippen LogP contribution in [0.1, 0.15) is 35.6 Å². The van der Waals surface area contributed by atoms with E-state index in [1.807, 2.05) is 24.3 Å². The zero-order valence-corrected chi connectivity index (χ0v) is 11.9. The Morgan fingerprint density at radius 2 is 1.90 bits per heavy atom. The predicted octanol–water partition coefficient (Wildman–Crippen LogP) is 3.98. The fraction of sp³-hybridized carbons (Fsp3) is 0.333. The molecule has 2 aromatic rings. The third-order valence-corrected chi connectivity index (χ3v) is 3.98. The van der Waals surface area contributed by atoms with Gasteiger partial charge in [0.15, 0.2) is 0 Å². The molecule has 0 spiro atoms. The minimum absolute atomic E-state index is 0.193. The average molecular weight is 267 g/mol. The summed E-state index contributed by atoms with van der Waals surface area (Å²) in [4.78, 5) is 0. The lowest BCUT2D eigenvalue weighted by Crippen LogP contribution is -2.13. The average Bonchev–Trinajstić information content (AvgIpc) is 3.30. The number of benzene rings is 2. The van der Waals surface area contributed by atoms with E-state index in [0.717, 1.165) is 5.75 Å². The van der Waals surface area contributed by atoms with Gasteiger partial charge in [0.2, 0.25) is 0 Å². The van der Waals surface area contributed by atoms with Gasteiger partial charge in [-0.05, 0) is 54.5 Å². The van der Waals surface area contributed by atoms with Crippen LogP contribution >= 0.6 is 0 Å². The number of hydrogen-bond donors (Lipinski definition) is 1. The van der Waals surface area contributed by atoms with Gasteiger partial charge in [0.25, 0.3) is 0 Å². The largest absolute Gasteiger partial charge is 0.489 e. The highest BCUT2D eigenvalue weighted by Crippen LogP contribution is 2.40. The predicted molar refractivity (Wildman–Crippen MR) is 81.6 cm³/mol. The highest BCUT2D eigenvalue weighted by Gasteiger charge is 2.30. The quantitative estimate of drug-likeness (QED) is 0.889. The van der Waals surface area contributed by atoms with Crippen molar-refractivity contribution in [1.29, 1.82) is 0 Å². The van der Waals surface area contributed by atoms with E-state index < -0.39 is 0 Å². The highest BCUT2D eigenvalue weighted by atomic mass is 16.5. The van der Waals surface area contributed by atoms with Crippen LogP contribution in [0.4, 0.5) is 0 Å². The van der Waals surface area contributed by atoms with Crippen molar-refractivity contribution < 1.29 is 4.74 Å². The van der Waals surface area contributed by atoms with E-state index in [4.69, 9.17) is 10.5 Å². The third kappa shape index (κ3) is 3.02. The Bertz CT molecular complexity index is 575. The number of aryl methyl sites for hydroxylation is 1. The molecule has 0 saturated heterocycles. The second-order valence-electron chi connectivity index (χ2n) is 5.66. The molecule has 0 amide bonds. The van der Waals surface area contributed by atoms with Crippen LogP contribution in [0, 0.1) is 12.8 Å². The Morgan fingerprint density at radius 3 is 2.55 bits per heavy atom. The van der Waals surface area contributed by atoms with E-state index in [9.17, 15) is 0 Å². The topological polar surface area (TPSA) is 35.2 Å². The fourth-order valence-corrected chi connectivity index (χ4v) is 2.56. The lowest BCUT2D eigenvalue weighted by Gasteiger charge is -2.15. The summed E-state index contributed by atoms with van der Waals surface area (Å²) >= 11 is 0. The first-order valence-corrected chi connectivity index (χ1v) is 7.27. The molecule has 1 saturated carbocycles. The molecule has 0 aliphatic heterocycles. The first-order chi connectivity index (χ1) is 9.74. The minimum Gasteiger partial charge on any atom is -0.489 e. The molecule has 1 aliphatic rings. The van der Waals surface area contributed by atoms with Crippen LogP contribution < -0.4 is 10.5 Å². The monoisotopic (exact) mass is 267 g/mol. The van der Waals surface area contributed by atoms with Crippen molar-refractivity contribution in [3.8, 4) is 5.75 Å². The molecule has 2 heteroatoms. The molecule has 20 heavy (non-hydrogen) atoms. The first kappa shape index (κ1) is 13.2. The molecule has 0 heterocycles. The van der Waals surface area contributed by atoms with Crippen molar-refractivity contribution in [2.24, 2.45) is 11.7 Å². The molecule has 0 aromatic heterocycles. The van der Waals surface area contributed by atoms with Crippen molar-refractivity contribution in [3.05, 3.63) is 65.2 Å². The summed E-state index contributed by atoms with van der Waals surface area (Å²) in [5, 5.41) is 0. The summed E-state index contributed by atoms with van der Waals surface area (Å²) in [7, 11) is 0. The molecule has 1 atom stereocenters. The molecule has 0 bridgehead atoms.